The van der Waals surface area contributed by atoms with Crippen molar-refractivity contribution < 1.29 is 4.79 Å². The van der Waals surface area contributed by atoms with E-state index in [0.29, 0.717) is 11.1 Å². The zero-order chi connectivity index (χ0) is 14.9. The first kappa shape index (κ1) is 13.9. The van der Waals surface area contributed by atoms with Gasteiger partial charge in [-0.05, 0) is 30.5 Å². The van der Waals surface area contributed by atoms with Crippen LogP contribution in [0, 0.1) is 18.3 Å². The van der Waals surface area contributed by atoms with Crippen LogP contribution in [-0.4, -0.2) is 10.9 Å². The molecule has 2 rings (SSSR count). The molecule has 0 bridgehead atoms. The minimum absolute atomic E-state index is 0.184. The van der Waals surface area contributed by atoms with Crippen LogP contribution in [0.2, 0.25) is 0 Å². The molecule has 2 aromatic rings. The summed E-state index contributed by atoms with van der Waals surface area (Å²) in [6.07, 6.45) is 0. The quantitative estimate of drug-likeness (QED) is 0.895. The van der Waals surface area contributed by atoms with E-state index < -0.39 is 5.91 Å². The van der Waals surface area contributed by atoms with Crippen molar-refractivity contribution in [1.82, 2.24) is 4.98 Å². The number of benzene rings is 1. The number of primary amides is 1. The van der Waals surface area contributed by atoms with Crippen LogP contribution in [0.5, 0.6) is 0 Å². The molecule has 102 valence electrons. The van der Waals surface area contributed by atoms with Crippen LogP contribution in [0.1, 0.15) is 47.1 Å². The van der Waals surface area contributed by atoms with Crippen LogP contribution in [0.4, 0.5) is 0 Å². The minimum Gasteiger partial charge on any atom is -0.366 e. The van der Waals surface area contributed by atoms with E-state index in [1.165, 1.54) is 0 Å². The molecule has 0 spiro atoms. The monoisotopic (exact) mass is 267 g/mol. The lowest BCUT2D eigenvalue weighted by atomic mass is 9.96. The number of nitriles is 1. The Morgan fingerprint density at radius 3 is 2.35 bits per heavy atom. The molecular formula is C16H17N3O. The molecule has 0 atom stereocenters. The van der Waals surface area contributed by atoms with Crippen LogP contribution in [0.25, 0.3) is 11.1 Å². The van der Waals surface area contributed by atoms with Crippen LogP contribution in [0.3, 0.4) is 0 Å². The maximum Gasteiger partial charge on any atom is 0.251 e. The highest BCUT2D eigenvalue weighted by atomic mass is 16.1. The molecule has 0 unspecified atom stereocenters. The van der Waals surface area contributed by atoms with Crippen molar-refractivity contribution in [2.45, 2.75) is 26.7 Å². The lowest BCUT2D eigenvalue weighted by molar-refractivity contribution is 0.1000. The number of amides is 1. The molecule has 3 N–H and O–H groups in total. The zero-order valence-corrected chi connectivity index (χ0v) is 11.8. The Morgan fingerprint density at radius 2 is 1.90 bits per heavy atom. The van der Waals surface area contributed by atoms with Gasteiger partial charge in [0.15, 0.2) is 0 Å². The van der Waals surface area contributed by atoms with Crippen LogP contribution >= 0.6 is 0 Å². The number of carbonyl (C=O) groups excluding carboxylic acids is 1. The molecule has 4 heteroatoms. The van der Waals surface area contributed by atoms with Crippen molar-refractivity contribution in [3.05, 3.63) is 46.8 Å². The summed E-state index contributed by atoms with van der Waals surface area (Å²) in [5, 5.41) is 8.84. The van der Waals surface area contributed by atoms with Crippen molar-refractivity contribution in [1.29, 1.82) is 5.26 Å². The Morgan fingerprint density at radius 1 is 1.30 bits per heavy atom. The number of hydrogen-bond donors (Lipinski definition) is 2. The smallest absolute Gasteiger partial charge is 0.251 e. The van der Waals surface area contributed by atoms with Crippen molar-refractivity contribution in [3.63, 3.8) is 0 Å². The van der Waals surface area contributed by atoms with E-state index in [0.717, 1.165) is 22.5 Å². The third kappa shape index (κ3) is 2.30. The SMILES string of the molecule is Cc1[nH]c(C(C)C)c(C(N)=O)c1-c1ccc(C#N)cc1. The molecule has 1 heterocycles. The Kier molecular flexibility index (Phi) is 3.62. The summed E-state index contributed by atoms with van der Waals surface area (Å²) in [5.74, 6) is -0.249. The highest BCUT2D eigenvalue weighted by molar-refractivity contribution is 6.02. The number of carbonyl (C=O) groups is 1. The summed E-state index contributed by atoms with van der Waals surface area (Å²) in [6, 6.07) is 9.23. The van der Waals surface area contributed by atoms with Gasteiger partial charge < -0.3 is 10.7 Å². The van der Waals surface area contributed by atoms with Gasteiger partial charge in [0.1, 0.15) is 0 Å². The van der Waals surface area contributed by atoms with E-state index in [4.69, 9.17) is 11.0 Å². The zero-order valence-electron chi connectivity index (χ0n) is 11.8. The van der Waals surface area contributed by atoms with Gasteiger partial charge in [-0.1, -0.05) is 26.0 Å². The maximum atomic E-state index is 11.8. The number of aryl methyl sites for hydroxylation is 1. The van der Waals surface area contributed by atoms with Gasteiger partial charge in [0.25, 0.3) is 5.91 Å². The number of nitrogens with one attached hydrogen (secondary N) is 1. The molecule has 0 fully saturated rings. The fourth-order valence-electron chi connectivity index (χ4n) is 2.41. The molecular weight excluding hydrogens is 250 g/mol. The van der Waals surface area contributed by atoms with Gasteiger partial charge in [0.05, 0.1) is 17.2 Å². The molecule has 1 aromatic heterocycles. The van der Waals surface area contributed by atoms with Crippen molar-refractivity contribution in [2.75, 3.05) is 0 Å². The molecule has 1 aromatic carbocycles. The molecule has 1 amide bonds. The van der Waals surface area contributed by atoms with Crippen molar-refractivity contribution >= 4 is 5.91 Å². The average Bonchev–Trinajstić information content (AvgIpc) is 2.77. The van der Waals surface area contributed by atoms with Crippen LogP contribution in [-0.2, 0) is 0 Å². The number of rotatable bonds is 3. The van der Waals surface area contributed by atoms with Gasteiger partial charge in [-0.15, -0.1) is 0 Å². The predicted molar refractivity (Wildman–Crippen MR) is 78.3 cm³/mol. The van der Waals surface area contributed by atoms with E-state index in [1.54, 1.807) is 12.1 Å². The molecule has 4 nitrogen and oxygen atoms in total. The fraction of sp³-hybridized carbons (Fsp3) is 0.250. The summed E-state index contributed by atoms with van der Waals surface area (Å²) >= 11 is 0. The topological polar surface area (TPSA) is 82.7 Å². The maximum absolute atomic E-state index is 11.8. The number of nitrogens with zero attached hydrogens (tertiary/aromatic N) is 1. The van der Waals surface area contributed by atoms with Gasteiger partial charge in [0, 0.05) is 17.0 Å². The minimum atomic E-state index is -0.433. The van der Waals surface area contributed by atoms with Gasteiger partial charge in [-0.2, -0.15) is 5.26 Å². The second-order valence-corrected chi connectivity index (χ2v) is 5.12. The first-order chi connectivity index (χ1) is 9.45. The normalized spacial score (nSPS) is 10.6. The first-order valence-electron chi connectivity index (χ1n) is 6.48. The molecule has 0 saturated carbocycles. The number of aromatic amines is 1. The Balaban J connectivity index is 2.66. The Labute approximate surface area is 118 Å². The number of hydrogen-bond acceptors (Lipinski definition) is 2. The lowest BCUT2D eigenvalue weighted by Crippen LogP contribution is -2.14. The van der Waals surface area contributed by atoms with Crippen molar-refractivity contribution in [3.8, 4) is 17.2 Å². The summed E-state index contributed by atoms with van der Waals surface area (Å²) < 4.78 is 0. The fourth-order valence-corrected chi connectivity index (χ4v) is 2.41. The van der Waals surface area contributed by atoms with E-state index in [2.05, 4.69) is 11.1 Å². The highest BCUT2D eigenvalue weighted by Gasteiger charge is 2.22. The third-order valence-electron chi connectivity index (χ3n) is 3.34. The molecule has 20 heavy (non-hydrogen) atoms. The van der Waals surface area contributed by atoms with Gasteiger partial charge in [-0.3, -0.25) is 4.79 Å². The largest absolute Gasteiger partial charge is 0.366 e. The lowest BCUT2D eigenvalue weighted by Gasteiger charge is -2.07. The molecule has 0 saturated heterocycles. The summed E-state index contributed by atoms with van der Waals surface area (Å²) in [4.78, 5) is 15.1. The number of H-pyrrole nitrogens is 1. The molecule has 0 aliphatic heterocycles. The van der Waals surface area contributed by atoms with Gasteiger partial charge in [-0.25, -0.2) is 0 Å². The Bertz CT molecular complexity index is 688. The predicted octanol–water partition coefficient (Wildman–Crippen LogP) is 3.08. The van der Waals surface area contributed by atoms with Crippen LogP contribution < -0.4 is 5.73 Å². The second-order valence-electron chi connectivity index (χ2n) is 5.12. The number of nitrogens with two attached hydrogens (primary N) is 1. The number of aromatic nitrogens is 1. The summed E-state index contributed by atoms with van der Waals surface area (Å²) in [7, 11) is 0. The highest BCUT2D eigenvalue weighted by Crippen LogP contribution is 2.33. The third-order valence-corrected chi connectivity index (χ3v) is 3.34. The van der Waals surface area contributed by atoms with Gasteiger partial charge >= 0.3 is 0 Å². The Hall–Kier alpha value is -2.54. The second kappa shape index (κ2) is 5.22. The van der Waals surface area contributed by atoms with E-state index in [9.17, 15) is 4.79 Å². The van der Waals surface area contributed by atoms with Crippen molar-refractivity contribution in [2.24, 2.45) is 5.73 Å². The van der Waals surface area contributed by atoms with E-state index in [1.807, 2.05) is 32.9 Å². The molecule has 0 radical (unpaired) electrons. The molecule has 0 aliphatic rings. The van der Waals surface area contributed by atoms with Crippen LogP contribution in [0.15, 0.2) is 24.3 Å². The van der Waals surface area contributed by atoms with E-state index in [-0.39, 0.29) is 5.92 Å². The van der Waals surface area contributed by atoms with E-state index >= 15 is 0 Å². The summed E-state index contributed by atoms with van der Waals surface area (Å²) in [5.41, 5.74) is 10.2. The molecule has 0 aliphatic carbocycles. The van der Waals surface area contributed by atoms with Gasteiger partial charge in [0.2, 0.25) is 0 Å². The first-order valence-corrected chi connectivity index (χ1v) is 6.48. The summed E-state index contributed by atoms with van der Waals surface area (Å²) in [6.45, 7) is 5.95. The average molecular weight is 267 g/mol. The standard InChI is InChI=1S/C16H17N3O/c1-9(2)15-14(16(18)20)13(10(3)19-15)12-6-4-11(8-17)5-7-12/h4-7,9,19H,1-3H3,(H2,18,20).